The molecular weight excluding hydrogens is 380 g/mol. The number of nitrogens with zero attached hydrogens (tertiary/aromatic N) is 1. The van der Waals surface area contributed by atoms with Gasteiger partial charge in [-0.05, 0) is 68.7 Å². The van der Waals surface area contributed by atoms with Crippen LogP contribution in [0.4, 0.5) is 10.5 Å². The number of aryl methyl sites for hydroxylation is 3. The topological polar surface area (TPSA) is 32.3 Å². The summed E-state index contributed by atoms with van der Waals surface area (Å²) in [6.45, 7) is 3.63. The Balaban J connectivity index is 1.49. The van der Waals surface area contributed by atoms with E-state index in [-0.39, 0.29) is 6.03 Å². The Bertz CT molecular complexity index is 844. The van der Waals surface area contributed by atoms with Crippen molar-refractivity contribution in [1.29, 1.82) is 0 Å². The van der Waals surface area contributed by atoms with Crippen LogP contribution in [0, 0.1) is 6.92 Å². The average molecular weight is 415 g/mol. The van der Waals surface area contributed by atoms with Crippen molar-refractivity contribution in [3.8, 4) is 0 Å². The molecule has 0 unspecified atom stereocenters. The van der Waals surface area contributed by atoms with Crippen LogP contribution in [0.1, 0.15) is 42.4 Å². The predicted octanol–water partition coefficient (Wildman–Crippen LogP) is 6.87. The van der Waals surface area contributed by atoms with Crippen LogP contribution in [0.25, 0.3) is 0 Å². The normalized spacial score (nSPS) is 10.6. The molecular formula is C28H34N2O. The number of anilines is 1. The molecule has 0 radical (unpaired) electrons. The third kappa shape index (κ3) is 8.29. The maximum atomic E-state index is 12.9. The first-order chi connectivity index (χ1) is 15.2. The smallest absolute Gasteiger partial charge is 0.321 e. The molecule has 3 aromatic carbocycles. The van der Waals surface area contributed by atoms with E-state index in [0.717, 1.165) is 57.3 Å². The van der Waals surface area contributed by atoms with Crippen LogP contribution >= 0.6 is 0 Å². The highest BCUT2D eigenvalue weighted by molar-refractivity contribution is 5.89. The quantitative estimate of drug-likeness (QED) is 0.341. The lowest BCUT2D eigenvalue weighted by Crippen LogP contribution is -2.36. The van der Waals surface area contributed by atoms with Crippen molar-refractivity contribution < 1.29 is 4.79 Å². The van der Waals surface area contributed by atoms with E-state index in [1.807, 2.05) is 29.2 Å². The van der Waals surface area contributed by atoms with Gasteiger partial charge in [-0.15, -0.1) is 0 Å². The maximum absolute atomic E-state index is 12.9. The number of hydrogen-bond donors (Lipinski definition) is 1. The Hall–Kier alpha value is -3.07. The fraction of sp³-hybridized carbons (Fsp3) is 0.321. The fourth-order valence-electron chi connectivity index (χ4n) is 3.71. The monoisotopic (exact) mass is 414 g/mol. The molecule has 0 saturated heterocycles. The second kappa shape index (κ2) is 12.6. The lowest BCUT2D eigenvalue weighted by Gasteiger charge is -2.23. The Kier molecular flexibility index (Phi) is 9.18. The number of nitrogens with one attached hydrogen (secondary N) is 1. The molecule has 3 rings (SSSR count). The van der Waals surface area contributed by atoms with Gasteiger partial charge in [0.05, 0.1) is 0 Å². The van der Waals surface area contributed by atoms with E-state index in [0.29, 0.717) is 0 Å². The van der Waals surface area contributed by atoms with Crippen molar-refractivity contribution in [2.45, 2.75) is 45.4 Å². The van der Waals surface area contributed by atoms with E-state index in [9.17, 15) is 4.79 Å². The van der Waals surface area contributed by atoms with E-state index < -0.39 is 0 Å². The second-order valence-electron chi connectivity index (χ2n) is 8.17. The van der Waals surface area contributed by atoms with Crippen LogP contribution in [0.15, 0.2) is 84.9 Å². The molecule has 1 N–H and O–H groups in total. The van der Waals surface area contributed by atoms with E-state index in [4.69, 9.17) is 0 Å². The summed E-state index contributed by atoms with van der Waals surface area (Å²) in [6.07, 6.45) is 6.30. The van der Waals surface area contributed by atoms with Gasteiger partial charge in [0.1, 0.15) is 0 Å². The molecule has 162 valence electrons. The molecule has 0 heterocycles. The highest BCUT2D eigenvalue weighted by Gasteiger charge is 2.13. The number of carbonyl (C=O) groups excluding carboxylic acids is 1. The molecule has 0 aliphatic rings. The first-order valence-electron chi connectivity index (χ1n) is 11.4. The molecule has 3 nitrogen and oxygen atoms in total. The van der Waals surface area contributed by atoms with E-state index >= 15 is 0 Å². The Labute approximate surface area is 187 Å². The van der Waals surface area contributed by atoms with Crippen LogP contribution in [-0.4, -0.2) is 24.0 Å². The van der Waals surface area contributed by atoms with Gasteiger partial charge in [0.25, 0.3) is 0 Å². The number of amides is 2. The van der Waals surface area contributed by atoms with E-state index in [1.165, 1.54) is 16.7 Å². The zero-order valence-corrected chi connectivity index (χ0v) is 18.6. The van der Waals surface area contributed by atoms with Crippen molar-refractivity contribution in [2.24, 2.45) is 0 Å². The highest BCUT2D eigenvalue weighted by atomic mass is 16.2. The molecule has 2 amide bonds. The Morgan fingerprint density at radius 3 is 1.65 bits per heavy atom. The molecule has 0 atom stereocenters. The fourth-order valence-corrected chi connectivity index (χ4v) is 3.71. The van der Waals surface area contributed by atoms with Crippen LogP contribution in [0.2, 0.25) is 0 Å². The zero-order valence-electron chi connectivity index (χ0n) is 18.6. The van der Waals surface area contributed by atoms with Gasteiger partial charge in [-0.2, -0.15) is 0 Å². The third-order valence-electron chi connectivity index (χ3n) is 5.56. The molecule has 3 heteroatoms. The highest BCUT2D eigenvalue weighted by Crippen LogP contribution is 2.12. The van der Waals surface area contributed by atoms with Gasteiger partial charge < -0.3 is 10.2 Å². The van der Waals surface area contributed by atoms with Gasteiger partial charge in [-0.25, -0.2) is 4.79 Å². The summed E-state index contributed by atoms with van der Waals surface area (Å²) in [4.78, 5) is 14.9. The SMILES string of the molecule is Cc1ccc(NC(=O)N(CCCCc2ccccc2)CCCCc2ccccc2)cc1. The summed E-state index contributed by atoms with van der Waals surface area (Å²) in [6, 6.07) is 29.1. The standard InChI is InChI=1S/C28H34N2O/c1-24-18-20-27(21-19-24)29-28(31)30(22-10-8-16-25-12-4-2-5-13-25)23-11-9-17-26-14-6-3-7-15-26/h2-7,12-15,18-21H,8-11,16-17,22-23H2,1H3,(H,29,31). The number of benzene rings is 3. The van der Waals surface area contributed by atoms with Crippen molar-refractivity contribution >= 4 is 11.7 Å². The van der Waals surface area contributed by atoms with Gasteiger partial charge in [0.15, 0.2) is 0 Å². The van der Waals surface area contributed by atoms with Crippen LogP contribution < -0.4 is 5.32 Å². The molecule has 0 aliphatic carbocycles. The predicted molar refractivity (Wildman–Crippen MR) is 131 cm³/mol. The van der Waals surface area contributed by atoms with Gasteiger partial charge in [0, 0.05) is 18.8 Å². The molecule has 3 aromatic rings. The summed E-state index contributed by atoms with van der Waals surface area (Å²) in [7, 11) is 0. The number of urea groups is 1. The first-order valence-corrected chi connectivity index (χ1v) is 11.4. The molecule has 0 bridgehead atoms. The first kappa shape index (κ1) is 22.6. The summed E-state index contributed by atoms with van der Waals surface area (Å²) in [5, 5.41) is 3.07. The number of carbonyl (C=O) groups is 1. The number of unbranched alkanes of at least 4 members (excludes halogenated alkanes) is 2. The summed E-state index contributed by atoms with van der Waals surface area (Å²) >= 11 is 0. The maximum Gasteiger partial charge on any atom is 0.321 e. The van der Waals surface area contributed by atoms with Crippen LogP contribution in [-0.2, 0) is 12.8 Å². The summed E-state index contributed by atoms with van der Waals surface area (Å²) < 4.78 is 0. The summed E-state index contributed by atoms with van der Waals surface area (Å²) in [5.74, 6) is 0. The number of hydrogen-bond acceptors (Lipinski definition) is 1. The summed E-state index contributed by atoms with van der Waals surface area (Å²) in [5.41, 5.74) is 4.77. The zero-order chi connectivity index (χ0) is 21.7. The van der Waals surface area contributed by atoms with Gasteiger partial charge in [-0.3, -0.25) is 0 Å². The lowest BCUT2D eigenvalue weighted by molar-refractivity contribution is 0.209. The van der Waals surface area contributed by atoms with Gasteiger partial charge >= 0.3 is 6.03 Å². The minimum Gasteiger partial charge on any atom is -0.325 e. The van der Waals surface area contributed by atoms with Crippen molar-refractivity contribution in [3.05, 3.63) is 102 Å². The molecule has 0 aromatic heterocycles. The van der Waals surface area contributed by atoms with E-state index in [1.54, 1.807) is 0 Å². The van der Waals surface area contributed by atoms with Gasteiger partial charge in [-0.1, -0.05) is 78.4 Å². The Morgan fingerprint density at radius 1 is 0.677 bits per heavy atom. The third-order valence-corrected chi connectivity index (χ3v) is 5.56. The minimum atomic E-state index is 0.00303. The van der Waals surface area contributed by atoms with Crippen LogP contribution in [0.3, 0.4) is 0 Å². The lowest BCUT2D eigenvalue weighted by atomic mass is 10.1. The van der Waals surface area contributed by atoms with Gasteiger partial charge in [0.2, 0.25) is 0 Å². The van der Waals surface area contributed by atoms with E-state index in [2.05, 4.69) is 72.9 Å². The molecule has 0 saturated carbocycles. The minimum absolute atomic E-state index is 0.00303. The van der Waals surface area contributed by atoms with Crippen molar-refractivity contribution in [2.75, 3.05) is 18.4 Å². The van der Waals surface area contributed by atoms with Crippen LogP contribution in [0.5, 0.6) is 0 Å². The molecule has 0 aliphatic heterocycles. The molecule has 0 fully saturated rings. The van der Waals surface area contributed by atoms with Crippen molar-refractivity contribution in [3.63, 3.8) is 0 Å². The average Bonchev–Trinajstić information content (AvgIpc) is 2.81. The number of rotatable bonds is 11. The van der Waals surface area contributed by atoms with Crippen molar-refractivity contribution in [1.82, 2.24) is 4.90 Å². The molecule has 0 spiro atoms. The second-order valence-corrected chi connectivity index (χ2v) is 8.17. The largest absolute Gasteiger partial charge is 0.325 e. The molecule has 31 heavy (non-hydrogen) atoms. The Morgan fingerprint density at radius 2 is 1.16 bits per heavy atom.